The summed E-state index contributed by atoms with van der Waals surface area (Å²) in [5.74, 6) is 3.38. The molecule has 0 aliphatic rings. The highest BCUT2D eigenvalue weighted by Gasteiger charge is 2.06. The van der Waals surface area contributed by atoms with Crippen LogP contribution in [-0.2, 0) is 13.1 Å². The molecule has 0 radical (unpaired) electrons. The molecule has 166 valence electrons. The lowest BCUT2D eigenvalue weighted by Gasteiger charge is -2.11. The fourth-order valence-corrected chi connectivity index (χ4v) is 2.94. The first-order valence-electron chi connectivity index (χ1n) is 9.75. The van der Waals surface area contributed by atoms with Gasteiger partial charge in [-0.05, 0) is 29.8 Å². The average Bonchev–Trinajstić information content (AvgIpc) is 3.23. The third-order valence-electron chi connectivity index (χ3n) is 4.54. The van der Waals surface area contributed by atoms with E-state index in [2.05, 4.69) is 30.8 Å². The molecule has 0 saturated carbocycles. The van der Waals surface area contributed by atoms with Crippen LogP contribution in [0.15, 0.2) is 72.0 Å². The number of hydrogen-bond donors (Lipinski definition) is 2. The topological polar surface area (TPSA) is 98.0 Å². The lowest BCUT2D eigenvalue weighted by Crippen LogP contribution is -2.36. The Balaban J connectivity index is 0.00000289. The highest BCUT2D eigenvalue weighted by atomic mass is 127. The summed E-state index contributed by atoms with van der Waals surface area (Å²) < 4.78 is 12.9. The first-order valence-corrected chi connectivity index (χ1v) is 9.75. The van der Waals surface area contributed by atoms with Crippen LogP contribution in [0, 0.1) is 0 Å². The molecule has 0 aliphatic carbocycles. The summed E-state index contributed by atoms with van der Waals surface area (Å²) in [5.41, 5.74) is 1.80. The van der Waals surface area contributed by atoms with Gasteiger partial charge in [-0.15, -0.1) is 34.2 Å². The Kier molecular flexibility index (Phi) is 8.20. The van der Waals surface area contributed by atoms with Gasteiger partial charge in [0, 0.05) is 38.1 Å². The Morgan fingerprint density at radius 1 is 1.00 bits per heavy atom. The van der Waals surface area contributed by atoms with Crippen molar-refractivity contribution in [2.75, 3.05) is 14.2 Å². The van der Waals surface area contributed by atoms with E-state index in [9.17, 15) is 0 Å². The van der Waals surface area contributed by atoms with Crippen molar-refractivity contribution in [2.45, 2.75) is 13.1 Å². The molecule has 3 heterocycles. The van der Waals surface area contributed by atoms with Crippen molar-refractivity contribution >= 4 is 35.6 Å². The monoisotopic (exact) mass is 545 g/mol. The third-order valence-corrected chi connectivity index (χ3v) is 4.54. The molecule has 32 heavy (non-hydrogen) atoms. The van der Waals surface area contributed by atoms with Crippen LogP contribution in [0.3, 0.4) is 0 Å². The van der Waals surface area contributed by atoms with Crippen molar-refractivity contribution in [3.8, 4) is 17.4 Å². The van der Waals surface area contributed by atoms with E-state index in [1.54, 1.807) is 20.4 Å². The van der Waals surface area contributed by atoms with E-state index < -0.39 is 0 Å². The Morgan fingerprint density at radius 3 is 2.62 bits per heavy atom. The zero-order valence-corrected chi connectivity index (χ0v) is 20.1. The predicted molar refractivity (Wildman–Crippen MR) is 133 cm³/mol. The normalized spacial score (nSPS) is 11.0. The van der Waals surface area contributed by atoms with E-state index in [0.717, 1.165) is 22.8 Å². The van der Waals surface area contributed by atoms with Crippen LogP contribution in [0.2, 0.25) is 0 Å². The molecule has 0 spiro atoms. The molecule has 4 aromatic rings. The lowest BCUT2D eigenvalue weighted by molar-refractivity contribution is 0.407. The number of methoxy groups -OCH3 is 1. The highest BCUT2D eigenvalue weighted by molar-refractivity contribution is 14.0. The molecule has 0 aliphatic heterocycles. The number of nitrogens with one attached hydrogen (secondary N) is 2. The molecule has 0 amide bonds. The molecule has 2 N–H and O–H groups in total. The summed E-state index contributed by atoms with van der Waals surface area (Å²) in [6.45, 7) is 1.06. The highest BCUT2D eigenvalue weighted by Crippen LogP contribution is 2.23. The fraction of sp³-hybridized carbons (Fsp3) is 0.182. The molecule has 0 bridgehead atoms. The molecule has 10 heteroatoms. The van der Waals surface area contributed by atoms with E-state index in [4.69, 9.17) is 9.47 Å². The molecule has 0 atom stereocenters. The average molecular weight is 545 g/mol. The second-order valence-corrected chi connectivity index (χ2v) is 6.61. The Hall–Kier alpha value is -3.41. The molecule has 0 unspecified atom stereocenters. The number of nitrogens with zero attached hydrogens (tertiary/aromatic N) is 5. The molecule has 0 saturated heterocycles. The maximum atomic E-state index is 5.77. The van der Waals surface area contributed by atoms with Crippen LogP contribution in [0.25, 0.3) is 5.65 Å². The van der Waals surface area contributed by atoms with Crippen molar-refractivity contribution in [3.63, 3.8) is 0 Å². The van der Waals surface area contributed by atoms with Crippen molar-refractivity contribution in [1.29, 1.82) is 0 Å². The van der Waals surface area contributed by atoms with Crippen LogP contribution >= 0.6 is 24.0 Å². The van der Waals surface area contributed by atoms with Gasteiger partial charge in [-0.2, -0.15) is 0 Å². The van der Waals surface area contributed by atoms with Crippen LogP contribution in [0.5, 0.6) is 17.4 Å². The standard InChI is InChI=1S/C22H23N7O2.HI/c1-23-22(26-15-20-28-27-19-8-3-4-11-29(19)20)25-14-16-9-10-21(24-13-16)31-18-7-5-6-17(12-18)30-2;/h3-13H,14-15H2,1-2H3,(H2,23,25,26);1H. The van der Waals surface area contributed by atoms with Gasteiger partial charge in [0.05, 0.1) is 13.7 Å². The molecular formula is C22H24IN7O2. The summed E-state index contributed by atoms with van der Waals surface area (Å²) >= 11 is 0. The van der Waals surface area contributed by atoms with Gasteiger partial charge in [-0.25, -0.2) is 4.98 Å². The summed E-state index contributed by atoms with van der Waals surface area (Å²) in [5, 5.41) is 14.9. The summed E-state index contributed by atoms with van der Waals surface area (Å²) in [4.78, 5) is 8.62. The van der Waals surface area contributed by atoms with Gasteiger partial charge in [-0.1, -0.05) is 18.2 Å². The fourth-order valence-electron chi connectivity index (χ4n) is 2.94. The number of pyridine rings is 2. The van der Waals surface area contributed by atoms with Crippen molar-refractivity contribution in [2.24, 2.45) is 4.99 Å². The minimum atomic E-state index is 0. The number of fused-ring (bicyclic) bond motifs is 1. The summed E-state index contributed by atoms with van der Waals surface area (Å²) in [6.07, 6.45) is 3.70. The van der Waals surface area contributed by atoms with Gasteiger partial charge in [0.15, 0.2) is 17.4 Å². The molecule has 1 aromatic carbocycles. The second kappa shape index (κ2) is 11.3. The number of benzene rings is 1. The first kappa shape index (κ1) is 23.3. The van der Waals surface area contributed by atoms with Gasteiger partial charge in [0.25, 0.3) is 0 Å². The van der Waals surface area contributed by atoms with E-state index in [1.807, 2.05) is 65.2 Å². The number of ether oxygens (including phenoxy) is 2. The van der Waals surface area contributed by atoms with Gasteiger partial charge in [0.2, 0.25) is 5.88 Å². The number of hydrogen-bond acceptors (Lipinski definition) is 6. The largest absolute Gasteiger partial charge is 0.497 e. The zero-order valence-electron chi connectivity index (χ0n) is 17.7. The lowest BCUT2D eigenvalue weighted by atomic mass is 10.3. The minimum absolute atomic E-state index is 0. The number of rotatable bonds is 7. The van der Waals surface area contributed by atoms with Crippen molar-refractivity contribution < 1.29 is 9.47 Å². The number of aliphatic imine (C=N–C) groups is 1. The molecule has 4 rings (SSSR count). The van der Waals surface area contributed by atoms with E-state index in [1.165, 1.54) is 0 Å². The van der Waals surface area contributed by atoms with Gasteiger partial charge >= 0.3 is 0 Å². The van der Waals surface area contributed by atoms with Crippen LogP contribution in [0.1, 0.15) is 11.4 Å². The Labute approximate surface area is 202 Å². The summed E-state index contributed by atoms with van der Waals surface area (Å²) in [6, 6.07) is 17.0. The smallest absolute Gasteiger partial charge is 0.219 e. The molecular weight excluding hydrogens is 521 g/mol. The number of guanidine groups is 1. The quantitative estimate of drug-likeness (QED) is 0.209. The van der Waals surface area contributed by atoms with Crippen LogP contribution < -0.4 is 20.1 Å². The number of halogens is 1. The van der Waals surface area contributed by atoms with Gasteiger partial charge in [-0.3, -0.25) is 9.39 Å². The van der Waals surface area contributed by atoms with Gasteiger partial charge < -0.3 is 20.1 Å². The SMILES string of the molecule is CN=C(NCc1ccc(Oc2cccc(OC)c2)nc1)NCc1nnc2ccccn12.I. The van der Waals surface area contributed by atoms with E-state index in [-0.39, 0.29) is 24.0 Å². The second-order valence-electron chi connectivity index (χ2n) is 6.61. The predicted octanol–water partition coefficient (Wildman–Crippen LogP) is 3.41. The van der Waals surface area contributed by atoms with E-state index in [0.29, 0.717) is 30.7 Å². The zero-order chi connectivity index (χ0) is 21.5. The maximum absolute atomic E-state index is 5.77. The molecule has 3 aromatic heterocycles. The number of aromatic nitrogens is 4. The third kappa shape index (κ3) is 5.84. The van der Waals surface area contributed by atoms with Crippen molar-refractivity contribution in [1.82, 2.24) is 30.2 Å². The van der Waals surface area contributed by atoms with Crippen molar-refractivity contribution in [3.05, 3.63) is 78.4 Å². The minimum Gasteiger partial charge on any atom is -0.497 e. The maximum Gasteiger partial charge on any atom is 0.219 e. The van der Waals surface area contributed by atoms with Crippen LogP contribution in [-0.4, -0.2) is 39.7 Å². The van der Waals surface area contributed by atoms with E-state index >= 15 is 0 Å². The van der Waals surface area contributed by atoms with Crippen LogP contribution in [0.4, 0.5) is 0 Å². The molecule has 9 nitrogen and oxygen atoms in total. The summed E-state index contributed by atoms with van der Waals surface area (Å²) in [7, 11) is 3.34. The first-order chi connectivity index (χ1) is 15.2. The Morgan fingerprint density at radius 2 is 1.84 bits per heavy atom. The van der Waals surface area contributed by atoms with Gasteiger partial charge in [0.1, 0.15) is 11.5 Å². The Bertz CT molecular complexity index is 1180. The molecule has 0 fully saturated rings.